The molecule has 2 N–H and O–H groups in total. The maximum Gasteiger partial charge on any atom is 0.337 e. The molecule has 1 aliphatic heterocycles. The summed E-state index contributed by atoms with van der Waals surface area (Å²) in [4.78, 5) is 24.9. The van der Waals surface area contributed by atoms with Crippen LogP contribution in [0.4, 0.5) is 10.1 Å². The summed E-state index contributed by atoms with van der Waals surface area (Å²) in [6.45, 7) is 3.78. The van der Waals surface area contributed by atoms with Gasteiger partial charge in [-0.15, -0.1) is 0 Å². The first kappa shape index (κ1) is 20.8. The zero-order chi connectivity index (χ0) is 23.3. The summed E-state index contributed by atoms with van der Waals surface area (Å²) in [7, 11) is 0. The molecule has 0 spiro atoms. The molecule has 166 valence electrons. The van der Waals surface area contributed by atoms with Gasteiger partial charge in [0.1, 0.15) is 18.0 Å². The molecule has 1 unspecified atom stereocenters. The van der Waals surface area contributed by atoms with Gasteiger partial charge in [0.25, 0.3) is 0 Å². The number of carboxylic acids is 1. The van der Waals surface area contributed by atoms with Crippen molar-refractivity contribution in [2.45, 2.75) is 26.5 Å². The van der Waals surface area contributed by atoms with Gasteiger partial charge in [-0.2, -0.15) is 0 Å². The summed E-state index contributed by atoms with van der Waals surface area (Å²) in [5.74, 6) is -1.48. The molecule has 0 amide bonds. The predicted molar refractivity (Wildman–Crippen MR) is 122 cm³/mol. The summed E-state index contributed by atoms with van der Waals surface area (Å²) in [6.07, 6.45) is 0. The van der Waals surface area contributed by atoms with Crippen LogP contribution in [0.5, 0.6) is 5.75 Å². The molecule has 0 saturated carbocycles. The molecular formula is C26H20FNO5. The van der Waals surface area contributed by atoms with Gasteiger partial charge in [0.15, 0.2) is 5.76 Å². The third-order valence-electron chi connectivity index (χ3n) is 5.82. The van der Waals surface area contributed by atoms with Gasteiger partial charge in [-0.05, 0) is 43.7 Å². The summed E-state index contributed by atoms with van der Waals surface area (Å²) in [5.41, 5.74) is 2.79. The molecule has 1 aliphatic rings. The molecule has 0 bridgehead atoms. The Kier molecular flexibility index (Phi) is 4.89. The number of nitrogens with one attached hydrogen (secondary N) is 1. The number of carbonyl (C=O) groups is 1. The van der Waals surface area contributed by atoms with Crippen molar-refractivity contribution >= 4 is 22.6 Å². The molecule has 1 atom stereocenters. The Labute approximate surface area is 188 Å². The van der Waals surface area contributed by atoms with E-state index in [9.17, 15) is 19.1 Å². The van der Waals surface area contributed by atoms with Crippen molar-refractivity contribution in [2.75, 3.05) is 5.32 Å². The number of hydrogen-bond donors (Lipinski definition) is 2. The summed E-state index contributed by atoms with van der Waals surface area (Å²) in [6, 6.07) is 14.4. The number of aromatic carboxylic acids is 1. The zero-order valence-corrected chi connectivity index (χ0v) is 17.9. The molecule has 3 aromatic carbocycles. The molecule has 2 heterocycles. The smallest absolute Gasteiger partial charge is 0.337 e. The van der Waals surface area contributed by atoms with Crippen molar-refractivity contribution in [3.8, 4) is 17.1 Å². The monoisotopic (exact) mass is 445 g/mol. The van der Waals surface area contributed by atoms with E-state index >= 15 is 0 Å². The molecule has 4 aromatic rings. The maximum absolute atomic E-state index is 14.7. The van der Waals surface area contributed by atoms with Crippen LogP contribution in [0.3, 0.4) is 0 Å². The molecule has 7 heteroatoms. The van der Waals surface area contributed by atoms with Crippen LogP contribution < -0.4 is 15.5 Å². The van der Waals surface area contributed by atoms with Gasteiger partial charge in [-0.25, -0.2) is 9.18 Å². The fraction of sp³-hybridized carbons (Fsp3) is 0.154. The summed E-state index contributed by atoms with van der Waals surface area (Å²) in [5, 5.41) is 13.0. The number of hydrogen-bond acceptors (Lipinski definition) is 5. The molecule has 0 radical (unpaired) electrons. The third kappa shape index (κ3) is 3.42. The van der Waals surface area contributed by atoms with E-state index < -0.39 is 17.8 Å². The Morgan fingerprint density at radius 2 is 1.94 bits per heavy atom. The van der Waals surface area contributed by atoms with Gasteiger partial charge in [-0.1, -0.05) is 30.3 Å². The van der Waals surface area contributed by atoms with Crippen LogP contribution in [0.15, 0.2) is 63.8 Å². The van der Waals surface area contributed by atoms with Crippen LogP contribution >= 0.6 is 0 Å². The maximum atomic E-state index is 14.7. The quantitative estimate of drug-likeness (QED) is 0.421. The highest BCUT2D eigenvalue weighted by molar-refractivity contribution is 5.94. The fourth-order valence-corrected chi connectivity index (χ4v) is 4.27. The van der Waals surface area contributed by atoms with E-state index in [-0.39, 0.29) is 34.7 Å². The number of para-hydroxylation sites is 1. The highest BCUT2D eigenvalue weighted by Crippen LogP contribution is 2.40. The molecule has 0 aliphatic carbocycles. The SMILES string of the molecule is Cc1cc(C(C)Nc2ccccc2C(=O)O)c2oc3c(c(=O)c2c1)OCc1cccc(F)c1-3. The lowest BCUT2D eigenvalue weighted by Gasteiger charge is -2.22. The van der Waals surface area contributed by atoms with Crippen LogP contribution in [0.1, 0.15) is 40.0 Å². The minimum Gasteiger partial charge on any atom is -0.481 e. The molecule has 1 aromatic heterocycles. The Morgan fingerprint density at radius 3 is 2.73 bits per heavy atom. The van der Waals surface area contributed by atoms with Gasteiger partial charge in [-0.3, -0.25) is 4.79 Å². The van der Waals surface area contributed by atoms with Crippen LogP contribution in [0.2, 0.25) is 0 Å². The lowest BCUT2D eigenvalue weighted by molar-refractivity contribution is 0.0698. The van der Waals surface area contributed by atoms with E-state index in [0.29, 0.717) is 27.8 Å². The van der Waals surface area contributed by atoms with Crippen LogP contribution in [0, 0.1) is 12.7 Å². The predicted octanol–water partition coefficient (Wildman–Crippen LogP) is 5.67. The van der Waals surface area contributed by atoms with Gasteiger partial charge < -0.3 is 19.6 Å². The molecule has 33 heavy (non-hydrogen) atoms. The van der Waals surface area contributed by atoms with Crippen molar-refractivity contribution in [3.05, 3.63) is 92.9 Å². The largest absolute Gasteiger partial charge is 0.481 e. The van der Waals surface area contributed by atoms with Crippen LogP contribution in [-0.2, 0) is 6.61 Å². The Balaban J connectivity index is 1.71. The standard InChI is InChI=1S/C26H20FNO5/c1-13-10-17(14(2)28-20-9-4-3-7-16(20)26(30)31)23-18(11-13)22(29)25-24(33-23)21-15(12-32-25)6-5-8-19(21)27/h3-11,14,28H,12H2,1-2H3,(H,30,31). The van der Waals surface area contributed by atoms with Crippen LogP contribution in [0.25, 0.3) is 22.3 Å². The number of ether oxygens (including phenoxy) is 1. The number of benzene rings is 3. The van der Waals surface area contributed by atoms with Crippen molar-refractivity contribution in [1.82, 2.24) is 0 Å². The average Bonchev–Trinajstić information content (AvgIpc) is 2.79. The Hall–Kier alpha value is -4.13. The van der Waals surface area contributed by atoms with Crippen molar-refractivity contribution in [1.29, 1.82) is 0 Å². The van der Waals surface area contributed by atoms with Gasteiger partial charge >= 0.3 is 5.97 Å². The van der Waals surface area contributed by atoms with E-state index in [2.05, 4.69) is 5.32 Å². The minimum absolute atomic E-state index is 0.00603. The lowest BCUT2D eigenvalue weighted by atomic mass is 9.98. The van der Waals surface area contributed by atoms with Crippen LogP contribution in [-0.4, -0.2) is 11.1 Å². The first-order chi connectivity index (χ1) is 15.8. The second kappa shape index (κ2) is 7.78. The van der Waals surface area contributed by atoms with Crippen molar-refractivity contribution in [2.24, 2.45) is 0 Å². The number of anilines is 1. The second-order valence-electron chi connectivity index (χ2n) is 8.10. The zero-order valence-electron chi connectivity index (χ0n) is 17.9. The second-order valence-corrected chi connectivity index (χ2v) is 8.10. The van der Waals surface area contributed by atoms with Crippen molar-refractivity contribution < 1.29 is 23.4 Å². The minimum atomic E-state index is -1.05. The number of rotatable bonds is 4. The van der Waals surface area contributed by atoms with E-state index in [1.807, 2.05) is 19.9 Å². The first-order valence-electron chi connectivity index (χ1n) is 10.5. The van der Waals surface area contributed by atoms with Crippen molar-refractivity contribution in [3.63, 3.8) is 0 Å². The van der Waals surface area contributed by atoms with Gasteiger partial charge in [0.05, 0.1) is 22.6 Å². The molecule has 0 saturated heterocycles. The van der Waals surface area contributed by atoms with Gasteiger partial charge in [0, 0.05) is 16.8 Å². The lowest BCUT2D eigenvalue weighted by Crippen LogP contribution is -2.17. The summed E-state index contributed by atoms with van der Waals surface area (Å²) >= 11 is 0. The van der Waals surface area contributed by atoms with E-state index in [0.717, 1.165) is 5.56 Å². The Morgan fingerprint density at radius 1 is 1.15 bits per heavy atom. The Bertz CT molecular complexity index is 1490. The molecule has 0 fully saturated rings. The highest BCUT2D eigenvalue weighted by Gasteiger charge is 2.28. The van der Waals surface area contributed by atoms with E-state index in [1.165, 1.54) is 12.1 Å². The number of halogens is 1. The van der Waals surface area contributed by atoms with Gasteiger partial charge in [0.2, 0.25) is 11.2 Å². The van der Waals surface area contributed by atoms with E-state index in [1.54, 1.807) is 36.4 Å². The average molecular weight is 445 g/mol. The highest BCUT2D eigenvalue weighted by atomic mass is 19.1. The van der Waals surface area contributed by atoms with E-state index in [4.69, 9.17) is 9.15 Å². The molecular weight excluding hydrogens is 425 g/mol. The normalized spacial score (nSPS) is 13.1. The first-order valence-corrected chi connectivity index (χ1v) is 10.5. The topological polar surface area (TPSA) is 88.8 Å². The number of fused-ring (bicyclic) bond motifs is 4. The molecule has 6 nitrogen and oxygen atoms in total. The molecule has 5 rings (SSSR count). The fourth-order valence-electron chi connectivity index (χ4n) is 4.27. The summed E-state index contributed by atoms with van der Waals surface area (Å²) < 4.78 is 26.6. The number of carboxylic acid groups (broad SMARTS) is 1. The third-order valence-corrected chi connectivity index (χ3v) is 5.82. The number of aryl methyl sites for hydroxylation is 1.